The summed E-state index contributed by atoms with van der Waals surface area (Å²) in [5.41, 5.74) is 1.05. The van der Waals surface area contributed by atoms with E-state index in [4.69, 9.17) is 16.3 Å². The minimum atomic E-state index is -4.44. The molecule has 0 unspecified atom stereocenters. The molecule has 5 nitrogen and oxygen atoms in total. The third-order valence-electron chi connectivity index (χ3n) is 4.17. The number of amides is 1. The summed E-state index contributed by atoms with van der Waals surface area (Å²) in [4.78, 5) is 12.6. The second-order valence-electron chi connectivity index (χ2n) is 6.21. The van der Waals surface area contributed by atoms with E-state index >= 15 is 0 Å². The molecular formula is C20H17ClF3N3O2. The van der Waals surface area contributed by atoms with Gasteiger partial charge in [0.05, 0.1) is 35.3 Å². The summed E-state index contributed by atoms with van der Waals surface area (Å²) in [5.74, 6) is -0.463. The van der Waals surface area contributed by atoms with Gasteiger partial charge in [0, 0.05) is 18.7 Å². The molecule has 0 spiro atoms. The largest absolute Gasteiger partial charge is 0.416 e. The van der Waals surface area contributed by atoms with Crippen LogP contribution in [0.2, 0.25) is 5.02 Å². The Morgan fingerprint density at radius 2 is 1.93 bits per heavy atom. The Kier molecular flexibility index (Phi) is 6.24. The third-order valence-corrected chi connectivity index (χ3v) is 4.43. The summed E-state index contributed by atoms with van der Waals surface area (Å²) in [7, 11) is 1.49. The molecule has 0 bridgehead atoms. The average molecular weight is 424 g/mol. The maximum Gasteiger partial charge on any atom is 0.416 e. The lowest BCUT2D eigenvalue weighted by Gasteiger charge is -2.11. The van der Waals surface area contributed by atoms with Crippen LogP contribution in [0.25, 0.3) is 5.69 Å². The van der Waals surface area contributed by atoms with Crippen LogP contribution in [-0.2, 0) is 24.1 Å². The van der Waals surface area contributed by atoms with E-state index in [1.165, 1.54) is 25.4 Å². The van der Waals surface area contributed by atoms with E-state index in [1.54, 1.807) is 28.9 Å². The van der Waals surface area contributed by atoms with Gasteiger partial charge < -0.3 is 10.1 Å². The smallest absolute Gasteiger partial charge is 0.378 e. The number of benzene rings is 2. The Hall–Kier alpha value is -2.84. The molecule has 152 valence electrons. The van der Waals surface area contributed by atoms with Gasteiger partial charge in [-0.15, -0.1) is 0 Å². The van der Waals surface area contributed by atoms with Crippen molar-refractivity contribution in [3.8, 4) is 5.69 Å². The molecule has 0 atom stereocenters. The second-order valence-corrected chi connectivity index (χ2v) is 6.64. The fraction of sp³-hybridized carbons (Fsp3) is 0.200. The van der Waals surface area contributed by atoms with Crippen LogP contribution in [0.1, 0.15) is 27.2 Å². The van der Waals surface area contributed by atoms with Gasteiger partial charge >= 0.3 is 6.18 Å². The lowest BCUT2D eigenvalue weighted by molar-refractivity contribution is -0.137. The second kappa shape index (κ2) is 8.67. The van der Waals surface area contributed by atoms with Gasteiger partial charge in [-0.3, -0.25) is 4.79 Å². The number of hydrogen-bond donors (Lipinski definition) is 1. The molecule has 2 aromatic carbocycles. The number of nitrogens with one attached hydrogen (secondary N) is 1. The van der Waals surface area contributed by atoms with Crippen molar-refractivity contribution in [3.63, 3.8) is 0 Å². The maximum atomic E-state index is 12.8. The zero-order valence-electron chi connectivity index (χ0n) is 15.3. The fourth-order valence-electron chi connectivity index (χ4n) is 2.78. The standard InChI is InChI=1S/C20H17ClF3N3O2/c1-29-12-18-17(11-26-27(18)16-7-5-15(21)6-8-16)19(28)25-10-13-3-2-4-14(9-13)20(22,23)24/h2-9,11H,10,12H2,1H3,(H,25,28). The molecular weight excluding hydrogens is 407 g/mol. The molecule has 1 aromatic heterocycles. The summed E-state index contributed by atoms with van der Waals surface area (Å²) >= 11 is 5.91. The molecule has 0 aliphatic heterocycles. The van der Waals surface area contributed by atoms with Gasteiger partial charge in [-0.05, 0) is 42.0 Å². The van der Waals surface area contributed by atoms with Gasteiger partial charge in [0.15, 0.2) is 0 Å². The number of halogens is 4. The Bertz CT molecular complexity index is 1000. The quantitative estimate of drug-likeness (QED) is 0.629. The first-order valence-corrected chi connectivity index (χ1v) is 8.93. The predicted octanol–water partition coefficient (Wildman–Crippen LogP) is 4.62. The van der Waals surface area contributed by atoms with Gasteiger partial charge in [0.2, 0.25) is 0 Å². The highest BCUT2D eigenvalue weighted by atomic mass is 35.5. The molecule has 0 saturated carbocycles. The number of hydrogen-bond acceptors (Lipinski definition) is 3. The molecule has 0 aliphatic rings. The molecule has 3 aromatic rings. The summed E-state index contributed by atoms with van der Waals surface area (Å²) in [6.45, 7) is 0.0657. The highest BCUT2D eigenvalue weighted by molar-refractivity contribution is 6.30. The Morgan fingerprint density at radius 3 is 2.59 bits per heavy atom. The molecule has 1 amide bonds. The van der Waals surface area contributed by atoms with E-state index in [0.717, 1.165) is 12.1 Å². The van der Waals surface area contributed by atoms with Gasteiger partial charge in [-0.25, -0.2) is 4.68 Å². The number of carbonyl (C=O) groups excluding carboxylic acids is 1. The SMILES string of the molecule is COCc1c(C(=O)NCc2cccc(C(F)(F)F)c2)cnn1-c1ccc(Cl)cc1. The molecule has 0 radical (unpaired) electrons. The summed E-state index contributed by atoms with van der Waals surface area (Å²) in [5, 5.41) is 7.43. The highest BCUT2D eigenvalue weighted by Gasteiger charge is 2.30. The van der Waals surface area contributed by atoms with Crippen molar-refractivity contribution in [3.05, 3.63) is 82.1 Å². The Labute approximate surface area is 170 Å². The Balaban J connectivity index is 1.80. The molecule has 0 saturated heterocycles. The average Bonchev–Trinajstić information content (AvgIpc) is 3.10. The third kappa shape index (κ3) is 4.96. The van der Waals surface area contributed by atoms with E-state index in [2.05, 4.69) is 10.4 Å². The lowest BCUT2D eigenvalue weighted by atomic mass is 10.1. The van der Waals surface area contributed by atoms with Gasteiger partial charge in [-0.1, -0.05) is 23.7 Å². The van der Waals surface area contributed by atoms with Crippen LogP contribution in [0.3, 0.4) is 0 Å². The van der Waals surface area contributed by atoms with Gasteiger partial charge in [-0.2, -0.15) is 18.3 Å². The number of nitrogens with zero attached hydrogens (tertiary/aromatic N) is 2. The summed E-state index contributed by atoms with van der Waals surface area (Å²) < 4.78 is 45.3. The van der Waals surface area contributed by atoms with E-state index in [1.807, 2.05) is 0 Å². The van der Waals surface area contributed by atoms with Crippen LogP contribution < -0.4 is 5.32 Å². The van der Waals surface area contributed by atoms with Crippen LogP contribution in [-0.4, -0.2) is 22.8 Å². The van der Waals surface area contributed by atoms with Crippen LogP contribution in [0.4, 0.5) is 13.2 Å². The first-order valence-electron chi connectivity index (χ1n) is 8.55. The normalized spacial score (nSPS) is 11.5. The van der Waals surface area contributed by atoms with Crippen molar-refractivity contribution in [1.29, 1.82) is 0 Å². The topological polar surface area (TPSA) is 56.1 Å². The van der Waals surface area contributed by atoms with Crippen LogP contribution >= 0.6 is 11.6 Å². The van der Waals surface area contributed by atoms with Crippen LogP contribution in [0, 0.1) is 0 Å². The zero-order chi connectivity index (χ0) is 21.0. The summed E-state index contributed by atoms with van der Waals surface area (Å²) in [6, 6.07) is 11.7. The molecule has 0 aliphatic carbocycles. The van der Waals surface area contributed by atoms with Crippen molar-refractivity contribution >= 4 is 17.5 Å². The molecule has 3 rings (SSSR count). The molecule has 1 heterocycles. The van der Waals surface area contributed by atoms with Crippen molar-refractivity contribution in [2.24, 2.45) is 0 Å². The number of methoxy groups -OCH3 is 1. The van der Waals surface area contributed by atoms with Crippen molar-refractivity contribution in [2.45, 2.75) is 19.3 Å². The van der Waals surface area contributed by atoms with Gasteiger partial charge in [0.1, 0.15) is 0 Å². The predicted molar refractivity (Wildman–Crippen MR) is 102 cm³/mol. The minimum absolute atomic E-state index is 0.0543. The first kappa shape index (κ1) is 20.9. The zero-order valence-corrected chi connectivity index (χ0v) is 16.1. The monoisotopic (exact) mass is 423 g/mol. The van der Waals surface area contributed by atoms with Crippen molar-refractivity contribution in [1.82, 2.24) is 15.1 Å². The number of rotatable bonds is 6. The number of carbonyl (C=O) groups is 1. The fourth-order valence-corrected chi connectivity index (χ4v) is 2.91. The molecule has 29 heavy (non-hydrogen) atoms. The molecule has 9 heteroatoms. The Morgan fingerprint density at radius 1 is 1.21 bits per heavy atom. The maximum absolute atomic E-state index is 12.8. The molecule has 0 fully saturated rings. The minimum Gasteiger partial charge on any atom is -0.378 e. The van der Waals surface area contributed by atoms with Crippen LogP contribution in [0.15, 0.2) is 54.7 Å². The van der Waals surface area contributed by atoms with E-state index in [-0.39, 0.29) is 18.7 Å². The summed E-state index contributed by atoms with van der Waals surface area (Å²) in [6.07, 6.45) is -3.05. The van der Waals surface area contributed by atoms with E-state index in [9.17, 15) is 18.0 Å². The van der Waals surface area contributed by atoms with Crippen LogP contribution in [0.5, 0.6) is 0 Å². The number of aromatic nitrogens is 2. The molecule has 1 N–H and O–H groups in total. The number of ether oxygens (including phenoxy) is 1. The first-order chi connectivity index (χ1) is 13.8. The van der Waals surface area contributed by atoms with Crippen molar-refractivity contribution in [2.75, 3.05) is 7.11 Å². The van der Waals surface area contributed by atoms with Gasteiger partial charge in [0.25, 0.3) is 5.91 Å². The van der Waals surface area contributed by atoms with E-state index in [0.29, 0.717) is 22.0 Å². The lowest BCUT2D eigenvalue weighted by Crippen LogP contribution is -2.24. The van der Waals surface area contributed by atoms with E-state index < -0.39 is 17.6 Å². The van der Waals surface area contributed by atoms with Crippen molar-refractivity contribution < 1.29 is 22.7 Å². The number of alkyl halides is 3. The highest BCUT2D eigenvalue weighted by Crippen LogP contribution is 2.29.